The van der Waals surface area contributed by atoms with E-state index in [2.05, 4.69) is 20.9 Å². The summed E-state index contributed by atoms with van der Waals surface area (Å²) in [5, 5.41) is 10.1. The number of rotatable bonds is 1. The fourth-order valence-corrected chi connectivity index (χ4v) is 1.59. The highest BCUT2D eigenvalue weighted by Gasteiger charge is 2.06. The highest BCUT2D eigenvalue weighted by Crippen LogP contribution is 2.29. The number of aromatic amines is 1. The van der Waals surface area contributed by atoms with Crippen molar-refractivity contribution in [3.63, 3.8) is 0 Å². The van der Waals surface area contributed by atoms with Crippen molar-refractivity contribution < 1.29 is 9.90 Å². The molecule has 0 aliphatic heterocycles. The number of carbonyl (C=O) groups is 1. The molecule has 13 heavy (non-hydrogen) atoms. The molecule has 0 atom stereocenters. The number of fused-ring (bicyclic) bond motifs is 1. The van der Waals surface area contributed by atoms with Crippen LogP contribution < -0.4 is 0 Å². The Hall–Kier alpha value is -1.29. The molecule has 2 aromatic rings. The minimum Gasteiger partial charge on any atom is -0.507 e. The van der Waals surface area contributed by atoms with Gasteiger partial charge in [0.2, 0.25) is 0 Å². The maximum atomic E-state index is 10.6. The van der Waals surface area contributed by atoms with Crippen molar-refractivity contribution in [1.29, 1.82) is 0 Å². The zero-order valence-electron chi connectivity index (χ0n) is 6.54. The Bertz CT molecular complexity index is 476. The molecule has 0 fully saturated rings. The number of aromatic hydroxyl groups is 1. The quantitative estimate of drug-likeness (QED) is 0.752. The van der Waals surface area contributed by atoms with Crippen LogP contribution in [0, 0.1) is 0 Å². The minimum absolute atomic E-state index is 0.134. The lowest BCUT2D eigenvalue weighted by atomic mass is 10.2. The van der Waals surface area contributed by atoms with Crippen molar-refractivity contribution in [3.05, 3.63) is 28.4 Å². The molecule has 0 bridgehead atoms. The number of phenolic OH excluding ortho intramolecular Hbond substituents is 1. The first kappa shape index (κ1) is 8.31. The number of H-pyrrole nitrogens is 1. The molecule has 0 aliphatic rings. The minimum atomic E-state index is 0.134. The van der Waals surface area contributed by atoms with E-state index in [4.69, 9.17) is 0 Å². The van der Waals surface area contributed by atoms with Gasteiger partial charge in [-0.1, -0.05) is 0 Å². The summed E-state index contributed by atoms with van der Waals surface area (Å²) in [7, 11) is 0. The molecule has 0 aliphatic carbocycles. The third kappa shape index (κ3) is 1.23. The lowest BCUT2D eigenvalue weighted by molar-refractivity contribution is 0.112. The van der Waals surface area contributed by atoms with Crippen LogP contribution in [0.25, 0.3) is 10.9 Å². The van der Waals surface area contributed by atoms with Gasteiger partial charge in [0, 0.05) is 22.7 Å². The van der Waals surface area contributed by atoms with Gasteiger partial charge in [-0.25, -0.2) is 0 Å². The second-order valence-corrected chi connectivity index (χ2v) is 3.57. The van der Waals surface area contributed by atoms with E-state index in [-0.39, 0.29) is 5.75 Å². The number of hydrogen-bond acceptors (Lipinski definition) is 2. The van der Waals surface area contributed by atoms with Crippen LogP contribution >= 0.6 is 15.9 Å². The van der Waals surface area contributed by atoms with E-state index < -0.39 is 0 Å². The Morgan fingerprint density at radius 1 is 1.46 bits per heavy atom. The molecular weight excluding hydrogens is 234 g/mol. The van der Waals surface area contributed by atoms with Crippen LogP contribution in [-0.4, -0.2) is 16.4 Å². The van der Waals surface area contributed by atoms with Crippen LogP contribution in [0.5, 0.6) is 5.75 Å². The molecule has 66 valence electrons. The fraction of sp³-hybridized carbons (Fsp3) is 0. The van der Waals surface area contributed by atoms with Gasteiger partial charge in [0.15, 0.2) is 6.29 Å². The predicted molar refractivity (Wildman–Crippen MR) is 53.1 cm³/mol. The summed E-state index contributed by atoms with van der Waals surface area (Å²) < 4.78 is 0.610. The van der Waals surface area contributed by atoms with Gasteiger partial charge in [-0.05, 0) is 28.1 Å². The van der Waals surface area contributed by atoms with Crippen LogP contribution in [0.4, 0.5) is 0 Å². The highest BCUT2D eigenvalue weighted by atomic mass is 79.9. The van der Waals surface area contributed by atoms with E-state index in [9.17, 15) is 9.90 Å². The van der Waals surface area contributed by atoms with Crippen molar-refractivity contribution in [3.8, 4) is 5.75 Å². The van der Waals surface area contributed by atoms with E-state index in [1.54, 1.807) is 18.3 Å². The van der Waals surface area contributed by atoms with E-state index in [1.807, 2.05) is 0 Å². The van der Waals surface area contributed by atoms with Crippen LogP contribution in [0.1, 0.15) is 10.4 Å². The van der Waals surface area contributed by atoms with Crippen LogP contribution in [-0.2, 0) is 0 Å². The summed E-state index contributed by atoms with van der Waals surface area (Å²) in [6.45, 7) is 0. The standard InChI is InChI=1S/C9H6BrNO2/c10-7-2-8-6(1-9(7)13)5(4-12)3-11-8/h1-4,11,13H. The fourth-order valence-electron chi connectivity index (χ4n) is 1.25. The van der Waals surface area contributed by atoms with Crippen LogP contribution in [0.15, 0.2) is 22.8 Å². The molecular formula is C9H6BrNO2. The SMILES string of the molecule is O=Cc1c[nH]c2cc(Br)c(O)cc12. The first-order valence-corrected chi connectivity index (χ1v) is 4.46. The van der Waals surface area contributed by atoms with Crippen molar-refractivity contribution in [1.82, 2.24) is 4.98 Å². The van der Waals surface area contributed by atoms with E-state index >= 15 is 0 Å². The van der Waals surface area contributed by atoms with Crippen LogP contribution in [0.3, 0.4) is 0 Å². The maximum absolute atomic E-state index is 10.6. The van der Waals surface area contributed by atoms with Crippen molar-refractivity contribution >= 4 is 33.1 Å². The van der Waals surface area contributed by atoms with E-state index in [1.165, 1.54) is 0 Å². The number of aldehydes is 1. The Kier molecular flexibility index (Phi) is 1.84. The lowest BCUT2D eigenvalue weighted by Gasteiger charge is -1.96. The summed E-state index contributed by atoms with van der Waals surface area (Å²) in [5.41, 5.74) is 1.38. The largest absolute Gasteiger partial charge is 0.507 e. The lowest BCUT2D eigenvalue weighted by Crippen LogP contribution is -1.75. The average molecular weight is 240 g/mol. The molecule has 0 saturated heterocycles. The van der Waals surface area contributed by atoms with E-state index in [0.29, 0.717) is 10.0 Å². The van der Waals surface area contributed by atoms with E-state index in [0.717, 1.165) is 17.2 Å². The predicted octanol–water partition coefficient (Wildman–Crippen LogP) is 2.45. The molecule has 2 N–H and O–H groups in total. The first-order valence-electron chi connectivity index (χ1n) is 3.67. The zero-order valence-corrected chi connectivity index (χ0v) is 8.13. The van der Waals surface area contributed by atoms with Gasteiger partial charge in [0.25, 0.3) is 0 Å². The molecule has 3 nitrogen and oxygen atoms in total. The van der Waals surface area contributed by atoms with Gasteiger partial charge < -0.3 is 10.1 Å². The number of benzene rings is 1. The third-order valence-corrected chi connectivity index (χ3v) is 2.54. The van der Waals surface area contributed by atoms with Crippen LogP contribution in [0.2, 0.25) is 0 Å². The Morgan fingerprint density at radius 3 is 2.92 bits per heavy atom. The number of phenols is 1. The Labute approximate surface area is 82.5 Å². The van der Waals surface area contributed by atoms with Crippen molar-refractivity contribution in [2.75, 3.05) is 0 Å². The topological polar surface area (TPSA) is 53.1 Å². The summed E-state index contributed by atoms with van der Waals surface area (Å²) >= 11 is 3.19. The first-order chi connectivity index (χ1) is 6.22. The number of halogens is 1. The number of nitrogens with one attached hydrogen (secondary N) is 1. The molecule has 0 spiro atoms. The number of aromatic nitrogens is 1. The Balaban J connectivity index is 2.84. The van der Waals surface area contributed by atoms with Gasteiger partial charge >= 0.3 is 0 Å². The molecule has 0 saturated carbocycles. The molecule has 1 aromatic heterocycles. The molecule has 0 amide bonds. The van der Waals surface area contributed by atoms with Gasteiger partial charge in [-0.3, -0.25) is 4.79 Å². The van der Waals surface area contributed by atoms with Gasteiger partial charge in [0.1, 0.15) is 5.75 Å². The number of hydrogen-bond donors (Lipinski definition) is 2. The molecule has 2 rings (SSSR count). The van der Waals surface area contributed by atoms with Crippen molar-refractivity contribution in [2.45, 2.75) is 0 Å². The Morgan fingerprint density at radius 2 is 2.23 bits per heavy atom. The smallest absolute Gasteiger partial charge is 0.152 e. The monoisotopic (exact) mass is 239 g/mol. The van der Waals surface area contributed by atoms with Gasteiger partial charge in [-0.15, -0.1) is 0 Å². The second kappa shape index (κ2) is 2.88. The maximum Gasteiger partial charge on any atom is 0.152 e. The van der Waals surface area contributed by atoms with Gasteiger partial charge in [0.05, 0.1) is 4.47 Å². The summed E-state index contributed by atoms with van der Waals surface area (Å²) in [4.78, 5) is 13.5. The summed E-state index contributed by atoms with van der Waals surface area (Å²) in [6, 6.07) is 3.29. The molecule has 1 heterocycles. The molecule has 4 heteroatoms. The molecule has 0 radical (unpaired) electrons. The number of carbonyl (C=O) groups excluding carboxylic acids is 1. The van der Waals surface area contributed by atoms with Crippen molar-refractivity contribution in [2.24, 2.45) is 0 Å². The highest BCUT2D eigenvalue weighted by molar-refractivity contribution is 9.10. The average Bonchev–Trinajstić information content (AvgIpc) is 2.48. The summed E-state index contributed by atoms with van der Waals surface area (Å²) in [5.74, 6) is 0.134. The second-order valence-electron chi connectivity index (χ2n) is 2.71. The third-order valence-electron chi connectivity index (χ3n) is 1.91. The zero-order chi connectivity index (χ0) is 9.42. The normalized spacial score (nSPS) is 10.5. The molecule has 0 unspecified atom stereocenters. The summed E-state index contributed by atoms with van der Waals surface area (Å²) in [6.07, 6.45) is 2.37. The van der Waals surface area contributed by atoms with Gasteiger partial charge in [-0.2, -0.15) is 0 Å². The molecule has 1 aromatic carbocycles.